The number of hydrogen-bond donors (Lipinski definition) is 1. The summed E-state index contributed by atoms with van der Waals surface area (Å²) in [7, 11) is 0. The fourth-order valence-electron chi connectivity index (χ4n) is 2.12. The van der Waals surface area contributed by atoms with E-state index in [-0.39, 0.29) is 0 Å². The molecule has 1 atom stereocenters. The van der Waals surface area contributed by atoms with Crippen molar-refractivity contribution in [3.63, 3.8) is 0 Å². The third-order valence-corrected chi connectivity index (χ3v) is 4.72. The summed E-state index contributed by atoms with van der Waals surface area (Å²) in [4.78, 5) is 37.4. The van der Waals surface area contributed by atoms with E-state index in [9.17, 15) is 14.4 Å². The number of urea groups is 1. The van der Waals surface area contributed by atoms with Gasteiger partial charge in [-0.2, -0.15) is 0 Å². The highest BCUT2D eigenvalue weighted by molar-refractivity contribution is 9.11. The van der Waals surface area contributed by atoms with Gasteiger partial charge < -0.3 is 0 Å². The van der Waals surface area contributed by atoms with Gasteiger partial charge in [0.05, 0.1) is 5.69 Å². The Labute approximate surface area is 146 Å². The second kappa shape index (κ2) is 6.58. The van der Waals surface area contributed by atoms with E-state index in [1.807, 2.05) is 6.92 Å². The summed E-state index contributed by atoms with van der Waals surface area (Å²) in [6.07, 6.45) is 1.08. The number of imide groups is 2. The Kier molecular flexibility index (Phi) is 5.21. The first-order valence-corrected chi connectivity index (χ1v) is 8.58. The molecule has 0 spiro atoms. The van der Waals surface area contributed by atoms with Crippen molar-refractivity contribution in [3.8, 4) is 0 Å². The van der Waals surface area contributed by atoms with Gasteiger partial charge in [0.2, 0.25) is 11.8 Å². The minimum atomic E-state index is -0.838. The normalized spacial score (nSPS) is 19.0. The van der Waals surface area contributed by atoms with Crippen molar-refractivity contribution in [1.82, 2.24) is 5.32 Å². The van der Waals surface area contributed by atoms with Crippen LogP contribution in [0.3, 0.4) is 0 Å². The average Bonchev–Trinajstić information content (AvgIpc) is 2.37. The second-order valence-corrected chi connectivity index (χ2v) is 7.15. The Hall–Kier alpha value is -0.730. The van der Waals surface area contributed by atoms with Crippen LogP contribution in [-0.2, 0) is 9.59 Å². The Morgan fingerprint density at radius 2 is 1.71 bits per heavy atom. The van der Waals surface area contributed by atoms with Gasteiger partial charge in [-0.25, -0.2) is 9.69 Å². The van der Waals surface area contributed by atoms with E-state index in [1.54, 1.807) is 12.1 Å². The number of barbiturate groups is 1. The van der Waals surface area contributed by atoms with E-state index in [0.29, 0.717) is 27.5 Å². The van der Waals surface area contributed by atoms with Gasteiger partial charge in [0.15, 0.2) is 0 Å². The molecule has 1 fully saturated rings. The van der Waals surface area contributed by atoms with Gasteiger partial charge in [0.1, 0.15) is 5.92 Å². The lowest BCUT2D eigenvalue weighted by Gasteiger charge is -2.31. The molecule has 112 valence electrons. The molecule has 1 unspecified atom stereocenters. The van der Waals surface area contributed by atoms with Crippen LogP contribution < -0.4 is 10.2 Å². The molecule has 4 amide bonds. The topological polar surface area (TPSA) is 66.5 Å². The highest BCUT2D eigenvalue weighted by Gasteiger charge is 2.41. The first kappa shape index (κ1) is 16.6. The summed E-state index contributed by atoms with van der Waals surface area (Å²) in [6.45, 7) is 1.88. The number of nitrogens with one attached hydrogen (secondary N) is 1. The number of amides is 4. The summed E-state index contributed by atoms with van der Waals surface area (Å²) in [5.41, 5.74) is 0.384. The van der Waals surface area contributed by atoms with E-state index >= 15 is 0 Å². The molecule has 8 heteroatoms. The summed E-state index contributed by atoms with van der Waals surface area (Å²) in [5, 5.41) is 2.24. The molecule has 1 aromatic rings. The molecule has 5 nitrogen and oxygen atoms in total. The van der Waals surface area contributed by atoms with Gasteiger partial charge in [0, 0.05) is 13.4 Å². The van der Waals surface area contributed by atoms with Gasteiger partial charge >= 0.3 is 6.03 Å². The monoisotopic (exact) mass is 480 g/mol. The highest BCUT2D eigenvalue weighted by atomic mass is 79.9. The number of carbonyl (C=O) groups excluding carboxylic acids is 3. The maximum Gasteiger partial charge on any atom is 0.335 e. The summed E-state index contributed by atoms with van der Waals surface area (Å²) in [6, 6.07) is 2.72. The van der Waals surface area contributed by atoms with Crippen molar-refractivity contribution in [2.45, 2.75) is 19.8 Å². The molecule has 2 rings (SSSR count). The van der Waals surface area contributed by atoms with E-state index < -0.39 is 23.8 Å². The largest absolute Gasteiger partial charge is 0.335 e. The van der Waals surface area contributed by atoms with Crippen molar-refractivity contribution in [2.75, 3.05) is 4.90 Å². The van der Waals surface area contributed by atoms with Crippen LogP contribution in [0.15, 0.2) is 25.6 Å². The van der Waals surface area contributed by atoms with Crippen molar-refractivity contribution in [3.05, 3.63) is 25.6 Å². The van der Waals surface area contributed by atoms with Gasteiger partial charge in [0.25, 0.3) is 0 Å². The van der Waals surface area contributed by atoms with Gasteiger partial charge in [-0.1, -0.05) is 29.3 Å². The quantitative estimate of drug-likeness (QED) is 0.663. The number of hydrogen-bond acceptors (Lipinski definition) is 3. The molecule has 0 bridgehead atoms. The molecule has 1 heterocycles. The molecule has 1 N–H and O–H groups in total. The average molecular weight is 483 g/mol. The van der Waals surface area contributed by atoms with Crippen LogP contribution >= 0.6 is 47.8 Å². The number of carbonyl (C=O) groups is 3. The molecule has 0 saturated carbocycles. The molecule has 21 heavy (non-hydrogen) atoms. The molecule has 1 aromatic carbocycles. The SMILES string of the molecule is CCCC1C(=O)NC(=O)N(c2c(Br)cc(Br)cc2Br)C1=O. The number of benzene rings is 1. The lowest BCUT2D eigenvalue weighted by atomic mass is 9.99. The molecule has 0 aromatic heterocycles. The zero-order valence-corrected chi connectivity index (χ0v) is 15.7. The smallest absolute Gasteiger partial charge is 0.277 e. The third-order valence-electron chi connectivity index (χ3n) is 3.05. The zero-order valence-electron chi connectivity index (χ0n) is 11.0. The maximum atomic E-state index is 12.5. The molecule has 0 radical (unpaired) electrons. The van der Waals surface area contributed by atoms with E-state index in [2.05, 4.69) is 53.1 Å². The summed E-state index contributed by atoms with van der Waals surface area (Å²) >= 11 is 10.0. The summed E-state index contributed by atoms with van der Waals surface area (Å²) in [5.74, 6) is -1.88. The van der Waals surface area contributed by atoms with E-state index in [4.69, 9.17) is 0 Å². The Bertz CT molecular complexity index is 610. The van der Waals surface area contributed by atoms with Gasteiger partial charge in [-0.15, -0.1) is 0 Å². The predicted octanol–water partition coefficient (Wildman–Crippen LogP) is 3.97. The maximum absolute atomic E-state index is 12.5. The first-order chi connectivity index (χ1) is 9.86. The van der Waals surface area contributed by atoms with Crippen LogP contribution in [0.2, 0.25) is 0 Å². The fraction of sp³-hybridized carbons (Fsp3) is 0.308. The number of halogens is 3. The predicted molar refractivity (Wildman–Crippen MR) is 89.0 cm³/mol. The van der Waals surface area contributed by atoms with Crippen LogP contribution in [0.5, 0.6) is 0 Å². The molecular weight excluding hydrogens is 472 g/mol. The van der Waals surface area contributed by atoms with Crippen molar-refractivity contribution >= 4 is 71.3 Å². The summed E-state index contributed by atoms with van der Waals surface area (Å²) < 4.78 is 1.92. The number of anilines is 1. The zero-order chi connectivity index (χ0) is 15.7. The molecule has 1 aliphatic rings. The van der Waals surface area contributed by atoms with Crippen LogP contribution in [0, 0.1) is 5.92 Å². The van der Waals surface area contributed by atoms with Crippen molar-refractivity contribution < 1.29 is 14.4 Å². The van der Waals surface area contributed by atoms with Crippen molar-refractivity contribution in [2.24, 2.45) is 5.92 Å². The molecular formula is C13H11Br3N2O3. The van der Waals surface area contributed by atoms with Crippen LogP contribution in [0.25, 0.3) is 0 Å². The molecule has 1 saturated heterocycles. The minimum absolute atomic E-state index is 0.384. The van der Waals surface area contributed by atoms with Crippen LogP contribution in [0.1, 0.15) is 19.8 Å². The standard InChI is InChI=1S/C13H11Br3N2O3/c1-2-3-7-11(19)17-13(21)18(12(7)20)10-8(15)4-6(14)5-9(10)16/h4-5,7H,2-3H2,1H3,(H,17,19,21). The van der Waals surface area contributed by atoms with E-state index in [0.717, 1.165) is 9.37 Å². The lowest BCUT2D eigenvalue weighted by molar-refractivity contribution is -0.134. The second-order valence-electron chi connectivity index (χ2n) is 4.53. The van der Waals surface area contributed by atoms with Crippen molar-refractivity contribution in [1.29, 1.82) is 0 Å². The number of nitrogens with zero attached hydrogens (tertiary/aromatic N) is 1. The molecule has 0 aliphatic carbocycles. The lowest BCUT2D eigenvalue weighted by Crippen LogP contribution is -2.58. The van der Waals surface area contributed by atoms with Crippen LogP contribution in [0.4, 0.5) is 10.5 Å². The fourth-order valence-corrected chi connectivity index (χ4v) is 4.73. The van der Waals surface area contributed by atoms with E-state index in [1.165, 1.54) is 0 Å². The van der Waals surface area contributed by atoms with Gasteiger partial charge in [-0.3, -0.25) is 14.9 Å². The minimum Gasteiger partial charge on any atom is -0.277 e. The Morgan fingerprint density at radius 3 is 2.24 bits per heavy atom. The third kappa shape index (κ3) is 3.22. The first-order valence-electron chi connectivity index (χ1n) is 6.20. The number of rotatable bonds is 3. The molecule has 1 aliphatic heterocycles. The van der Waals surface area contributed by atoms with Gasteiger partial charge in [-0.05, 0) is 50.4 Å². The van der Waals surface area contributed by atoms with Crippen LogP contribution in [-0.4, -0.2) is 17.8 Å². The Balaban J connectivity index is 2.49. The highest BCUT2D eigenvalue weighted by Crippen LogP contribution is 2.38. The Morgan fingerprint density at radius 1 is 1.14 bits per heavy atom.